The van der Waals surface area contributed by atoms with Crippen molar-refractivity contribution in [2.45, 2.75) is 71.0 Å². The van der Waals surface area contributed by atoms with Crippen LogP contribution in [0.15, 0.2) is 29.2 Å². The Morgan fingerprint density at radius 1 is 1.00 bits per heavy atom. The van der Waals surface area contributed by atoms with Gasteiger partial charge in [-0.3, -0.25) is 9.59 Å². The third kappa shape index (κ3) is 6.12. The summed E-state index contributed by atoms with van der Waals surface area (Å²) in [5.74, 6) is -1.34. The highest BCUT2D eigenvalue weighted by Crippen LogP contribution is 2.14. The van der Waals surface area contributed by atoms with E-state index >= 15 is 0 Å². The standard InChI is InChI=1S/C19H29NO5S/c1-13(2)20(14(3)4)19(22)16(6)25-18(21)11-12-26(23,24)17-9-7-15(5)8-10-17/h7-10,13-14,16H,11-12H2,1-6H3. The topological polar surface area (TPSA) is 80.7 Å². The van der Waals surface area contributed by atoms with Crippen LogP contribution in [0.4, 0.5) is 0 Å². The number of carbonyl (C=O) groups excluding carboxylic acids is 2. The highest BCUT2D eigenvalue weighted by molar-refractivity contribution is 7.91. The molecule has 6 nitrogen and oxygen atoms in total. The number of sulfone groups is 1. The summed E-state index contributed by atoms with van der Waals surface area (Å²) < 4.78 is 29.7. The summed E-state index contributed by atoms with van der Waals surface area (Å²) in [6.45, 7) is 10.9. The first kappa shape index (κ1) is 22.2. The van der Waals surface area contributed by atoms with Crippen LogP contribution in [0.2, 0.25) is 0 Å². The molecule has 0 aliphatic rings. The van der Waals surface area contributed by atoms with Crippen molar-refractivity contribution in [2.24, 2.45) is 0 Å². The van der Waals surface area contributed by atoms with Gasteiger partial charge in [-0.1, -0.05) is 17.7 Å². The predicted octanol–water partition coefficient (Wildman–Crippen LogP) is 2.74. The lowest BCUT2D eigenvalue weighted by Crippen LogP contribution is -2.47. The van der Waals surface area contributed by atoms with E-state index < -0.39 is 21.9 Å². The fourth-order valence-electron chi connectivity index (χ4n) is 2.70. The quantitative estimate of drug-likeness (QED) is 0.645. The maximum atomic E-state index is 12.4. The number of nitrogens with zero attached hydrogens (tertiary/aromatic N) is 1. The number of hydrogen-bond acceptors (Lipinski definition) is 5. The van der Waals surface area contributed by atoms with Gasteiger partial charge in [0.05, 0.1) is 17.1 Å². The fourth-order valence-corrected chi connectivity index (χ4v) is 3.92. The van der Waals surface area contributed by atoms with E-state index in [0.29, 0.717) is 0 Å². The van der Waals surface area contributed by atoms with Crippen molar-refractivity contribution >= 4 is 21.7 Å². The summed E-state index contributed by atoms with van der Waals surface area (Å²) in [5.41, 5.74) is 0.954. The van der Waals surface area contributed by atoms with Gasteiger partial charge in [0, 0.05) is 12.1 Å². The Bertz CT molecular complexity index is 715. The first-order valence-corrected chi connectivity index (χ1v) is 10.4. The van der Waals surface area contributed by atoms with E-state index in [9.17, 15) is 18.0 Å². The second-order valence-electron chi connectivity index (χ2n) is 6.95. The molecule has 0 bridgehead atoms. The molecule has 0 heterocycles. The number of rotatable bonds is 8. The van der Waals surface area contributed by atoms with Crippen LogP contribution in [-0.2, 0) is 24.2 Å². The summed E-state index contributed by atoms with van der Waals surface area (Å²) in [5, 5.41) is 0. The van der Waals surface area contributed by atoms with Crippen LogP contribution < -0.4 is 0 Å². The van der Waals surface area contributed by atoms with Crippen molar-refractivity contribution in [3.05, 3.63) is 29.8 Å². The minimum atomic E-state index is -3.57. The van der Waals surface area contributed by atoms with Gasteiger partial charge in [-0.25, -0.2) is 8.42 Å². The average Bonchev–Trinajstić information content (AvgIpc) is 2.52. The SMILES string of the molecule is Cc1ccc(S(=O)(=O)CCC(=O)OC(C)C(=O)N(C(C)C)C(C)C)cc1. The zero-order valence-electron chi connectivity index (χ0n) is 16.4. The van der Waals surface area contributed by atoms with E-state index in [0.717, 1.165) is 5.56 Å². The van der Waals surface area contributed by atoms with Gasteiger partial charge in [-0.15, -0.1) is 0 Å². The van der Waals surface area contributed by atoms with Crippen LogP contribution in [0.5, 0.6) is 0 Å². The van der Waals surface area contributed by atoms with Gasteiger partial charge in [-0.05, 0) is 53.7 Å². The second kappa shape index (κ2) is 9.16. The van der Waals surface area contributed by atoms with Crippen LogP contribution in [0, 0.1) is 6.92 Å². The summed E-state index contributed by atoms with van der Waals surface area (Å²) in [6.07, 6.45) is -1.24. The molecule has 1 aromatic carbocycles. The van der Waals surface area contributed by atoms with E-state index in [1.54, 1.807) is 17.0 Å². The van der Waals surface area contributed by atoms with Crippen molar-refractivity contribution in [2.75, 3.05) is 5.75 Å². The highest BCUT2D eigenvalue weighted by Gasteiger charge is 2.28. The zero-order valence-corrected chi connectivity index (χ0v) is 17.2. The van der Waals surface area contributed by atoms with Gasteiger partial charge in [0.2, 0.25) is 0 Å². The molecule has 7 heteroatoms. The lowest BCUT2D eigenvalue weighted by Gasteiger charge is -2.32. The molecule has 0 aliphatic carbocycles. The molecule has 0 radical (unpaired) electrons. The molecular formula is C19H29NO5S. The van der Waals surface area contributed by atoms with Gasteiger partial charge in [0.25, 0.3) is 5.91 Å². The Morgan fingerprint density at radius 2 is 1.50 bits per heavy atom. The van der Waals surface area contributed by atoms with Crippen LogP contribution >= 0.6 is 0 Å². The average molecular weight is 384 g/mol. The summed E-state index contributed by atoms with van der Waals surface area (Å²) in [6, 6.07) is 6.41. The number of benzene rings is 1. The number of carbonyl (C=O) groups is 2. The van der Waals surface area contributed by atoms with E-state index in [4.69, 9.17) is 4.74 Å². The maximum Gasteiger partial charge on any atom is 0.307 e. The molecule has 146 valence electrons. The van der Waals surface area contributed by atoms with Crippen molar-refractivity contribution in [1.29, 1.82) is 0 Å². The van der Waals surface area contributed by atoms with Crippen molar-refractivity contribution < 1.29 is 22.7 Å². The largest absolute Gasteiger partial charge is 0.453 e. The molecule has 1 atom stereocenters. The summed E-state index contributed by atoms with van der Waals surface area (Å²) in [4.78, 5) is 26.3. The Labute approximate surface area is 156 Å². The first-order chi connectivity index (χ1) is 12.0. The van der Waals surface area contributed by atoms with Crippen molar-refractivity contribution in [3.8, 4) is 0 Å². The second-order valence-corrected chi connectivity index (χ2v) is 9.06. The number of esters is 1. The summed E-state index contributed by atoms with van der Waals surface area (Å²) >= 11 is 0. The minimum Gasteiger partial charge on any atom is -0.453 e. The molecule has 26 heavy (non-hydrogen) atoms. The van der Waals surface area contributed by atoms with Gasteiger partial charge < -0.3 is 9.64 Å². The number of hydrogen-bond donors (Lipinski definition) is 0. The lowest BCUT2D eigenvalue weighted by molar-refractivity contribution is -0.160. The van der Waals surface area contributed by atoms with Gasteiger partial charge in [0.15, 0.2) is 15.9 Å². The minimum absolute atomic E-state index is 0.0226. The normalized spacial score (nSPS) is 12.9. The Kier molecular flexibility index (Phi) is 7.81. The smallest absolute Gasteiger partial charge is 0.307 e. The molecule has 0 spiro atoms. The summed E-state index contributed by atoms with van der Waals surface area (Å²) in [7, 11) is -3.57. The Morgan fingerprint density at radius 3 is 1.96 bits per heavy atom. The van der Waals surface area contributed by atoms with Crippen LogP contribution in [-0.4, -0.2) is 49.1 Å². The van der Waals surface area contributed by atoms with E-state index in [-0.39, 0.29) is 35.1 Å². The maximum absolute atomic E-state index is 12.4. The molecule has 1 aromatic rings. The molecule has 0 aliphatic heterocycles. The molecule has 1 rings (SSSR count). The van der Waals surface area contributed by atoms with Crippen molar-refractivity contribution in [1.82, 2.24) is 4.90 Å². The molecular weight excluding hydrogens is 354 g/mol. The van der Waals surface area contributed by atoms with Crippen LogP contribution in [0.1, 0.15) is 46.6 Å². The van der Waals surface area contributed by atoms with Crippen LogP contribution in [0.25, 0.3) is 0 Å². The molecule has 0 saturated heterocycles. The first-order valence-electron chi connectivity index (χ1n) is 8.76. The molecule has 0 aromatic heterocycles. The van der Waals surface area contributed by atoms with Gasteiger partial charge >= 0.3 is 5.97 Å². The Balaban J connectivity index is 2.65. The molecule has 1 unspecified atom stereocenters. The lowest BCUT2D eigenvalue weighted by atomic mass is 10.2. The number of amides is 1. The molecule has 0 N–H and O–H groups in total. The number of aryl methyl sites for hydroxylation is 1. The third-order valence-electron chi connectivity index (χ3n) is 3.98. The fraction of sp³-hybridized carbons (Fsp3) is 0.579. The van der Waals surface area contributed by atoms with E-state index in [1.165, 1.54) is 19.1 Å². The molecule has 0 fully saturated rings. The van der Waals surface area contributed by atoms with Gasteiger partial charge in [0.1, 0.15) is 0 Å². The van der Waals surface area contributed by atoms with E-state index in [2.05, 4.69) is 0 Å². The third-order valence-corrected chi connectivity index (χ3v) is 5.71. The van der Waals surface area contributed by atoms with Crippen molar-refractivity contribution in [3.63, 3.8) is 0 Å². The Hall–Kier alpha value is -1.89. The zero-order chi connectivity index (χ0) is 20.1. The van der Waals surface area contributed by atoms with Gasteiger partial charge in [-0.2, -0.15) is 0 Å². The monoisotopic (exact) mass is 383 g/mol. The highest BCUT2D eigenvalue weighted by atomic mass is 32.2. The van der Waals surface area contributed by atoms with Crippen LogP contribution in [0.3, 0.4) is 0 Å². The van der Waals surface area contributed by atoms with E-state index in [1.807, 2.05) is 34.6 Å². The molecule has 0 saturated carbocycles. The molecule has 1 amide bonds. The number of ether oxygens (including phenoxy) is 1. The predicted molar refractivity (Wildman–Crippen MR) is 101 cm³/mol.